The van der Waals surface area contributed by atoms with Crippen molar-refractivity contribution in [2.24, 2.45) is 5.92 Å². The summed E-state index contributed by atoms with van der Waals surface area (Å²) in [5.41, 5.74) is 1.86. The average Bonchev–Trinajstić information content (AvgIpc) is 3.36. The van der Waals surface area contributed by atoms with Gasteiger partial charge in [-0.2, -0.15) is 0 Å². The van der Waals surface area contributed by atoms with E-state index in [-0.39, 0.29) is 23.5 Å². The van der Waals surface area contributed by atoms with Crippen LogP contribution >= 0.6 is 11.3 Å². The fraction of sp³-hybridized carbons (Fsp3) is 0.556. The minimum atomic E-state index is -0.573. The monoisotopic (exact) mass is 498 g/mol. The summed E-state index contributed by atoms with van der Waals surface area (Å²) in [6.45, 7) is 4.00. The van der Waals surface area contributed by atoms with E-state index in [0.29, 0.717) is 25.8 Å². The van der Waals surface area contributed by atoms with Crippen LogP contribution in [0.3, 0.4) is 0 Å². The van der Waals surface area contributed by atoms with E-state index in [1.165, 1.54) is 0 Å². The number of nitrogens with one attached hydrogen (secondary N) is 2. The Balaban J connectivity index is 1.54. The van der Waals surface area contributed by atoms with Crippen molar-refractivity contribution in [2.75, 3.05) is 20.1 Å². The molecule has 7 nitrogen and oxygen atoms in total. The van der Waals surface area contributed by atoms with E-state index in [2.05, 4.69) is 27.6 Å². The number of carbonyl (C=O) groups excluding carboxylic acids is 3. The number of rotatable bonds is 13. The lowest BCUT2D eigenvalue weighted by atomic mass is 9.95. The summed E-state index contributed by atoms with van der Waals surface area (Å²) < 4.78 is 0. The van der Waals surface area contributed by atoms with E-state index in [4.69, 9.17) is 0 Å². The van der Waals surface area contributed by atoms with Gasteiger partial charge in [0.25, 0.3) is 0 Å². The molecule has 1 saturated heterocycles. The van der Waals surface area contributed by atoms with Crippen molar-refractivity contribution in [3.8, 4) is 10.6 Å². The zero-order valence-corrected chi connectivity index (χ0v) is 21.7. The molecule has 3 rings (SSSR count). The van der Waals surface area contributed by atoms with Crippen molar-refractivity contribution in [3.05, 3.63) is 41.4 Å². The maximum atomic E-state index is 13.1. The first-order chi connectivity index (χ1) is 17.0. The molecule has 8 heteroatoms. The molecular formula is C27H38N4O3S. The molecule has 0 saturated carbocycles. The summed E-state index contributed by atoms with van der Waals surface area (Å²) in [4.78, 5) is 44.4. The molecule has 0 radical (unpaired) electrons. The van der Waals surface area contributed by atoms with Crippen LogP contribution in [0.25, 0.3) is 10.6 Å². The Kier molecular flexibility index (Phi) is 10.9. The molecule has 0 spiro atoms. The van der Waals surface area contributed by atoms with Gasteiger partial charge in [-0.05, 0) is 45.8 Å². The lowest BCUT2D eigenvalue weighted by Gasteiger charge is -2.29. The Morgan fingerprint density at radius 3 is 2.57 bits per heavy atom. The lowest BCUT2D eigenvalue weighted by Crippen LogP contribution is -2.49. The van der Waals surface area contributed by atoms with Crippen molar-refractivity contribution >= 4 is 28.9 Å². The Morgan fingerprint density at radius 2 is 1.86 bits per heavy atom. The summed E-state index contributed by atoms with van der Waals surface area (Å²) in [5.74, 6) is 0.0215. The number of piperidine rings is 1. The van der Waals surface area contributed by atoms with Gasteiger partial charge in [0.1, 0.15) is 16.8 Å². The molecule has 0 bridgehead atoms. The van der Waals surface area contributed by atoms with Crippen molar-refractivity contribution in [3.63, 3.8) is 0 Å². The highest BCUT2D eigenvalue weighted by atomic mass is 32.1. The molecule has 35 heavy (non-hydrogen) atoms. The first kappa shape index (κ1) is 27.0. The fourth-order valence-corrected chi connectivity index (χ4v) is 5.08. The Labute approximate surface area is 212 Å². The summed E-state index contributed by atoms with van der Waals surface area (Å²) in [6.07, 6.45) is 5.84. The minimum absolute atomic E-state index is 0.0283. The highest BCUT2D eigenvalue weighted by molar-refractivity contribution is 7.13. The second kappa shape index (κ2) is 14.1. The van der Waals surface area contributed by atoms with Crippen molar-refractivity contribution in [1.29, 1.82) is 0 Å². The normalized spacial score (nSPS) is 15.5. The van der Waals surface area contributed by atoms with Gasteiger partial charge in [-0.15, -0.1) is 11.3 Å². The van der Waals surface area contributed by atoms with Gasteiger partial charge in [-0.3, -0.25) is 14.4 Å². The summed E-state index contributed by atoms with van der Waals surface area (Å²) in [6, 6.07) is 9.39. The Hall–Kier alpha value is -2.58. The fourth-order valence-electron chi connectivity index (χ4n) is 4.26. The average molecular weight is 499 g/mol. The predicted molar refractivity (Wildman–Crippen MR) is 140 cm³/mol. The van der Waals surface area contributed by atoms with Crippen LogP contribution in [0.2, 0.25) is 0 Å². The smallest absolute Gasteiger partial charge is 0.242 e. The number of unbranched alkanes of at least 4 members (excludes halogenated alkanes) is 2. The molecule has 2 heterocycles. The van der Waals surface area contributed by atoms with Crippen molar-refractivity contribution in [1.82, 2.24) is 20.5 Å². The number of carbonyl (C=O) groups is 3. The van der Waals surface area contributed by atoms with Crippen LogP contribution < -0.4 is 10.6 Å². The molecule has 1 fully saturated rings. The maximum Gasteiger partial charge on any atom is 0.242 e. The van der Waals surface area contributed by atoms with Crippen LogP contribution in [-0.2, 0) is 20.9 Å². The number of likely N-dealkylation sites (tertiary alicyclic amines) is 1. The van der Waals surface area contributed by atoms with Crippen LogP contribution in [0.4, 0.5) is 0 Å². The van der Waals surface area contributed by atoms with E-state index < -0.39 is 6.04 Å². The standard InChI is InChI=1S/C27H38N4O3S/c1-3-23(32)12-8-5-9-13-24(30-25(33)20-14-16-31(2)17-15-20)26(34)28-18-22-19-35-27(29-22)21-10-6-4-7-11-21/h4,6-7,10-11,19-20,24H,3,5,8-9,12-18H2,1-2H3,(H,28,34)(H,30,33)/t24-/m0/s1. The quantitative estimate of drug-likeness (QED) is 0.404. The minimum Gasteiger partial charge on any atom is -0.349 e. The summed E-state index contributed by atoms with van der Waals surface area (Å²) >= 11 is 1.55. The van der Waals surface area contributed by atoms with Gasteiger partial charge in [-0.25, -0.2) is 4.98 Å². The number of thiazole rings is 1. The lowest BCUT2D eigenvalue weighted by molar-refractivity contribution is -0.132. The molecule has 1 atom stereocenters. The van der Waals surface area contributed by atoms with Crippen LogP contribution in [0.15, 0.2) is 35.7 Å². The summed E-state index contributed by atoms with van der Waals surface area (Å²) in [7, 11) is 2.06. The predicted octanol–water partition coefficient (Wildman–Crippen LogP) is 4.18. The molecular weight excluding hydrogens is 460 g/mol. The molecule has 2 N–H and O–H groups in total. The molecule has 2 amide bonds. The second-order valence-electron chi connectivity index (χ2n) is 9.36. The van der Waals surface area contributed by atoms with E-state index in [1.807, 2.05) is 42.6 Å². The van der Waals surface area contributed by atoms with E-state index in [9.17, 15) is 14.4 Å². The number of amides is 2. The van der Waals surface area contributed by atoms with Gasteiger partial charge in [0, 0.05) is 29.7 Å². The molecule has 1 aliphatic heterocycles. The highest BCUT2D eigenvalue weighted by Gasteiger charge is 2.27. The number of aromatic nitrogens is 1. The Bertz CT molecular complexity index is 954. The molecule has 1 aromatic heterocycles. The third kappa shape index (κ3) is 8.85. The largest absolute Gasteiger partial charge is 0.349 e. The van der Waals surface area contributed by atoms with Gasteiger partial charge in [-0.1, -0.05) is 50.1 Å². The molecule has 1 aromatic carbocycles. The number of ketones is 1. The van der Waals surface area contributed by atoms with Crippen LogP contribution in [0, 0.1) is 5.92 Å². The zero-order valence-electron chi connectivity index (χ0n) is 20.9. The van der Waals surface area contributed by atoms with Crippen LogP contribution in [0.1, 0.15) is 64.0 Å². The zero-order chi connectivity index (χ0) is 25.0. The van der Waals surface area contributed by atoms with E-state index in [0.717, 1.165) is 61.5 Å². The third-order valence-corrected chi connectivity index (χ3v) is 7.52. The molecule has 1 aliphatic rings. The maximum absolute atomic E-state index is 13.1. The van der Waals surface area contributed by atoms with E-state index in [1.54, 1.807) is 11.3 Å². The SMILES string of the molecule is CCC(=O)CCCCC[C@H](NC(=O)C1CCN(C)CC1)C(=O)NCc1csc(-c2ccccc2)n1. The number of Topliss-reactive ketones (excluding diaryl/α,β-unsaturated/α-hetero) is 1. The molecule has 0 unspecified atom stereocenters. The van der Waals surface area contributed by atoms with Gasteiger partial charge >= 0.3 is 0 Å². The number of benzene rings is 1. The van der Waals surface area contributed by atoms with Gasteiger partial charge in [0.2, 0.25) is 11.8 Å². The number of nitrogens with zero attached hydrogens (tertiary/aromatic N) is 2. The van der Waals surface area contributed by atoms with Crippen molar-refractivity contribution < 1.29 is 14.4 Å². The van der Waals surface area contributed by atoms with Crippen LogP contribution in [-0.4, -0.2) is 53.7 Å². The Morgan fingerprint density at radius 1 is 1.11 bits per heavy atom. The highest BCUT2D eigenvalue weighted by Crippen LogP contribution is 2.23. The number of hydrogen-bond acceptors (Lipinski definition) is 6. The third-order valence-electron chi connectivity index (χ3n) is 6.58. The first-order valence-corrected chi connectivity index (χ1v) is 13.6. The first-order valence-electron chi connectivity index (χ1n) is 12.7. The molecule has 2 aromatic rings. The van der Waals surface area contributed by atoms with Crippen LogP contribution in [0.5, 0.6) is 0 Å². The van der Waals surface area contributed by atoms with Crippen molar-refractivity contribution in [2.45, 2.75) is 70.9 Å². The molecule has 0 aliphatic carbocycles. The van der Waals surface area contributed by atoms with Gasteiger partial charge in [0.05, 0.1) is 12.2 Å². The number of hydrogen-bond donors (Lipinski definition) is 2. The second-order valence-corrected chi connectivity index (χ2v) is 10.2. The van der Waals surface area contributed by atoms with Gasteiger partial charge in [0.15, 0.2) is 0 Å². The summed E-state index contributed by atoms with van der Waals surface area (Å²) in [5, 5.41) is 8.88. The molecule has 190 valence electrons. The van der Waals surface area contributed by atoms with E-state index >= 15 is 0 Å². The topological polar surface area (TPSA) is 91.4 Å². The van der Waals surface area contributed by atoms with Gasteiger partial charge < -0.3 is 15.5 Å².